The third-order valence-corrected chi connectivity index (χ3v) is 3.31. The van der Waals surface area contributed by atoms with Gasteiger partial charge in [0.15, 0.2) is 0 Å². The van der Waals surface area contributed by atoms with Crippen LogP contribution >= 0.6 is 15.9 Å². The van der Waals surface area contributed by atoms with Gasteiger partial charge in [0.25, 0.3) is 0 Å². The third-order valence-electron chi connectivity index (χ3n) is 2.40. The van der Waals surface area contributed by atoms with Crippen molar-refractivity contribution < 1.29 is 4.74 Å². The molecule has 0 aromatic rings. The molecule has 0 radical (unpaired) electrons. The van der Waals surface area contributed by atoms with Gasteiger partial charge in [-0.3, -0.25) is 0 Å². The van der Waals surface area contributed by atoms with Crippen LogP contribution in [-0.4, -0.2) is 17.5 Å². The molecule has 1 nitrogen and oxygen atoms in total. The molecule has 0 spiro atoms. The standard InChI is InChI=1S/C12H25BrO/c1-4-5-6-7-8-9-11(2)14-12(3)10-13/h11-12H,4-10H2,1-3H3. The van der Waals surface area contributed by atoms with Crippen LogP contribution in [0.3, 0.4) is 0 Å². The fraction of sp³-hybridized carbons (Fsp3) is 1.00. The van der Waals surface area contributed by atoms with E-state index in [1.54, 1.807) is 0 Å². The molecule has 0 aliphatic rings. The Balaban J connectivity index is 3.22. The van der Waals surface area contributed by atoms with Crippen LogP contribution in [0, 0.1) is 0 Å². The van der Waals surface area contributed by atoms with E-state index < -0.39 is 0 Å². The molecular weight excluding hydrogens is 240 g/mol. The first-order chi connectivity index (χ1) is 6.70. The maximum absolute atomic E-state index is 5.76. The summed E-state index contributed by atoms with van der Waals surface area (Å²) in [7, 11) is 0. The average Bonchev–Trinajstić information content (AvgIpc) is 2.17. The molecule has 0 saturated carbocycles. The summed E-state index contributed by atoms with van der Waals surface area (Å²) < 4.78 is 5.76. The van der Waals surface area contributed by atoms with E-state index in [2.05, 4.69) is 36.7 Å². The lowest BCUT2D eigenvalue weighted by Gasteiger charge is -2.17. The molecule has 2 unspecified atom stereocenters. The molecule has 0 amide bonds. The third kappa shape index (κ3) is 9.01. The number of ether oxygens (including phenoxy) is 1. The zero-order valence-electron chi connectivity index (χ0n) is 9.89. The Hall–Kier alpha value is 0.440. The van der Waals surface area contributed by atoms with Gasteiger partial charge in [0.1, 0.15) is 0 Å². The predicted molar refractivity (Wildman–Crippen MR) is 67.2 cm³/mol. The quantitative estimate of drug-likeness (QED) is 0.439. The summed E-state index contributed by atoms with van der Waals surface area (Å²) in [6.45, 7) is 6.55. The first kappa shape index (κ1) is 14.4. The summed E-state index contributed by atoms with van der Waals surface area (Å²) in [5.74, 6) is 0. The van der Waals surface area contributed by atoms with E-state index >= 15 is 0 Å². The number of hydrogen-bond acceptors (Lipinski definition) is 1. The smallest absolute Gasteiger partial charge is 0.0647 e. The molecule has 0 aliphatic heterocycles. The van der Waals surface area contributed by atoms with Gasteiger partial charge >= 0.3 is 0 Å². The number of unbranched alkanes of at least 4 members (excludes halogenated alkanes) is 4. The van der Waals surface area contributed by atoms with Crippen molar-refractivity contribution in [2.75, 3.05) is 5.33 Å². The van der Waals surface area contributed by atoms with Gasteiger partial charge in [0.2, 0.25) is 0 Å². The fourth-order valence-corrected chi connectivity index (χ4v) is 1.69. The minimum atomic E-state index is 0.348. The van der Waals surface area contributed by atoms with E-state index in [0.717, 1.165) is 5.33 Å². The van der Waals surface area contributed by atoms with Crippen molar-refractivity contribution in [1.82, 2.24) is 0 Å². The molecule has 0 N–H and O–H groups in total. The van der Waals surface area contributed by atoms with Crippen molar-refractivity contribution in [3.8, 4) is 0 Å². The highest BCUT2D eigenvalue weighted by Gasteiger charge is 2.06. The van der Waals surface area contributed by atoms with E-state index in [1.807, 2.05) is 0 Å². The molecule has 2 atom stereocenters. The Bertz CT molecular complexity index is 117. The van der Waals surface area contributed by atoms with Gasteiger partial charge < -0.3 is 4.74 Å². The second kappa shape index (κ2) is 9.97. The summed E-state index contributed by atoms with van der Waals surface area (Å²) in [6, 6.07) is 0. The van der Waals surface area contributed by atoms with Gasteiger partial charge in [0, 0.05) is 5.33 Å². The summed E-state index contributed by atoms with van der Waals surface area (Å²) in [6.07, 6.45) is 8.75. The van der Waals surface area contributed by atoms with E-state index in [0.29, 0.717) is 12.2 Å². The first-order valence-corrected chi connectivity index (χ1v) is 7.04. The number of rotatable bonds is 9. The summed E-state index contributed by atoms with van der Waals surface area (Å²) in [5.41, 5.74) is 0. The maximum atomic E-state index is 5.76. The van der Waals surface area contributed by atoms with Gasteiger partial charge in [-0.15, -0.1) is 0 Å². The molecule has 0 saturated heterocycles. The van der Waals surface area contributed by atoms with Crippen molar-refractivity contribution in [3.05, 3.63) is 0 Å². The van der Waals surface area contributed by atoms with Gasteiger partial charge in [-0.2, -0.15) is 0 Å². The van der Waals surface area contributed by atoms with Gasteiger partial charge in [0.05, 0.1) is 12.2 Å². The Morgan fingerprint density at radius 3 is 2.21 bits per heavy atom. The molecule has 86 valence electrons. The van der Waals surface area contributed by atoms with E-state index in [4.69, 9.17) is 4.74 Å². The predicted octanol–water partition coefficient (Wildman–Crippen LogP) is 4.54. The fourth-order valence-electron chi connectivity index (χ4n) is 1.54. The Morgan fingerprint density at radius 1 is 1.00 bits per heavy atom. The van der Waals surface area contributed by atoms with E-state index in [9.17, 15) is 0 Å². The summed E-state index contributed by atoms with van der Waals surface area (Å²) in [4.78, 5) is 0. The maximum Gasteiger partial charge on any atom is 0.0647 e. The molecule has 0 aromatic carbocycles. The lowest BCUT2D eigenvalue weighted by Crippen LogP contribution is -2.17. The lowest BCUT2D eigenvalue weighted by atomic mass is 10.1. The molecule has 0 fully saturated rings. The van der Waals surface area contributed by atoms with Gasteiger partial charge in [-0.25, -0.2) is 0 Å². The van der Waals surface area contributed by atoms with Crippen LogP contribution in [0.5, 0.6) is 0 Å². The number of hydrogen-bond donors (Lipinski definition) is 0. The second-order valence-corrected chi connectivity index (χ2v) is 4.76. The van der Waals surface area contributed by atoms with Crippen molar-refractivity contribution in [2.24, 2.45) is 0 Å². The van der Waals surface area contributed by atoms with Crippen molar-refractivity contribution >= 4 is 15.9 Å². The monoisotopic (exact) mass is 264 g/mol. The van der Waals surface area contributed by atoms with E-state index in [-0.39, 0.29) is 0 Å². The molecule has 0 aliphatic carbocycles. The van der Waals surface area contributed by atoms with Crippen molar-refractivity contribution in [3.63, 3.8) is 0 Å². The molecule has 0 heterocycles. The minimum Gasteiger partial charge on any atom is -0.375 e. The Labute approximate surface area is 97.7 Å². The van der Waals surface area contributed by atoms with Crippen LogP contribution in [0.4, 0.5) is 0 Å². The molecule has 14 heavy (non-hydrogen) atoms. The molecule has 2 heteroatoms. The Morgan fingerprint density at radius 2 is 1.64 bits per heavy atom. The summed E-state index contributed by atoms with van der Waals surface area (Å²) in [5, 5.41) is 0.938. The molecule has 0 aromatic heterocycles. The van der Waals surface area contributed by atoms with Crippen LogP contribution in [0.1, 0.15) is 59.3 Å². The topological polar surface area (TPSA) is 9.23 Å². The normalized spacial score (nSPS) is 15.4. The zero-order chi connectivity index (χ0) is 10.8. The van der Waals surface area contributed by atoms with Crippen LogP contribution in [0.15, 0.2) is 0 Å². The SMILES string of the molecule is CCCCCCCC(C)OC(C)CBr. The number of alkyl halides is 1. The zero-order valence-corrected chi connectivity index (χ0v) is 11.5. The van der Waals surface area contributed by atoms with Crippen molar-refractivity contribution in [1.29, 1.82) is 0 Å². The molecule has 0 rings (SSSR count). The second-order valence-electron chi connectivity index (χ2n) is 4.11. The van der Waals surface area contributed by atoms with Gasteiger partial charge in [-0.1, -0.05) is 55.0 Å². The van der Waals surface area contributed by atoms with Crippen LogP contribution in [0.2, 0.25) is 0 Å². The highest BCUT2D eigenvalue weighted by atomic mass is 79.9. The minimum absolute atomic E-state index is 0.348. The number of halogens is 1. The van der Waals surface area contributed by atoms with Crippen LogP contribution < -0.4 is 0 Å². The molecule has 0 bridgehead atoms. The van der Waals surface area contributed by atoms with Crippen molar-refractivity contribution in [2.45, 2.75) is 71.5 Å². The van der Waals surface area contributed by atoms with Gasteiger partial charge in [-0.05, 0) is 20.3 Å². The lowest BCUT2D eigenvalue weighted by molar-refractivity contribution is 0.0162. The van der Waals surface area contributed by atoms with Crippen LogP contribution in [-0.2, 0) is 4.74 Å². The average molecular weight is 265 g/mol. The first-order valence-electron chi connectivity index (χ1n) is 5.92. The summed E-state index contributed by atoms with van der Waals surface area (Å²) >= 11 is 3.42. The van der Waals surface area contributed by atoms with E-state index in [1.165, 1.54) is 38.5 Å². The highest BCUT2D eigenvalue weighted by Crippen LogP contribution is 2.11. The highest BCUT2D eigenvalue weighted by molar-refractivity contribution is 9.09. The molecular formula is C12H25BrO. The van der Waals surface area contributed by atoms with Crippen LogP contribution in [0.25, 0.3) is 0 Å². The largest absolute Gasteiger partial charge is 0.375 e. The Kier molecular flexibility index (Phi) is 10.3.